The fourth-order valence-electron chi connectivity index (χ4n) is 3.10. The number of carbonyl (C=O) groups is 1. The van der Waals surface area contributed by atoms with Gasteiger partial charge in [-0.2, -0.15) is 44.5 Å². The number of alkyl halides is 6. The van der Waals surface area contributed by atoms with Crippen molar-refractivity contribution in [2.45, 2.75) is 31.6 Å². The summed E-state index contributed by atoms with van der Waals surface area (Å²) in [7, 11) is -6.30. The first-order chi connectivity index (χ1) is 16.7. The van der Waals surface area contributed by atoms with E-state index in [0.717, 1.165) is 11.2 Å². The molecule has 3 aromatic rings. The van der Waals surface area contributed by atoms with E-state index >= 15 is 0 Å². The van der Waals surface area contributed by atoms with E-state index < -0.39 is 50.6 Å². The molecule has 0 fully saturated rings. The molecule has 2 aromatic heterocycles. The van der Waals surface area contributed by atoms with Crippen molar-refractivity contribution in [1.82, 2.24) is 29.6 Å². The molecule has 0 N–H and O–H groups in total. The predicted molar refractivity (Wildman–Crippen MR) is 109 cm³/mol. The van der Waals surface area contributed by atoms with Crippen molar-refractivity contribution in [2.24, 2.45) is 0 Å². The van der Waals surface area contributed by atoms with Crippen LogP contribution in [0, 0.1) is 0 Å². The molecule has 2 heterocycles. The fourth-order valence-corrected chi connectivity index (χ4v) is 3.54. The lowest BCUT2D eigenvalue weighted by molar-refractivity contribution is -0.137. The fraction of sp³-hybridized carbons (Fsp3) is 0.316. The Hall–Kier alpha value is -3.76. The Morgan fingerprint density at radius 1 is 1.08 bits per heavy atom. The van der Waals surface area contributed by atoms with Gasteiger partial charge in [-0.15, -0.1) is 0 Å². The molecule has 0 aliphatic rings. The van der Waals surface area contributed by atoms with Crippen LogP contribution in [0.15, 0.2) is 43.0 Å². The molecule has 194 valence electrons. The molecule has 36 heavy (non-hydrogen) atoms. The molecule has 1 aromatic carbocycles. The van der Waals surface area contributed by atoms with Crippen molar-refractivity contribution < 1.29 is 43.7 Å². The van der Waals surface area contributed by atoms with E-state index in [1.54, 1.807) is 0 Å². The van der Waals surface area contributed by atoms with Gasteiger partial charge >= 0.3 is 21.8 Å². The summed E-state index contributed by atoms with van der Waals surface area (Å²) in [6.07, 6.45) is -1.16. The first-order valence-corrected chi connectivity index (χ1v) is 11.3. The SMILES string of the molecule is CCN(C(=O)c1cc(OS(=O)(=O)C(F)(F)F)cc(C(F)(F)F)c1)C(C)c1ncnn1-c1ncccn1. The monoisotopic (exact) mass is 538 g/mol. The average Bonchev–Trinajstić information content (AvgIpc) is 3.28. The second-order valence-corrected chi connectivity index (χ2v) is 8.61. The van der Waals surface area contributed by atoms with E-state index in [9.17, 15) is 39.6 Å². The summed E-state index contributed by atoms with van der Waals surface area (Å²) in [5.74, 6) is -2.20. The lowest BCUT2D eigenvalue weighted by atomic mass is 10.1. The lowest BCUT2D eigenvalue weighted by Crippen LogP contribution is -2.35. The minimum atomic E-state index is -6.30. The third kappa shape index (κ3) is 5.55. The number of nitrogens with zero attached hydrogens (tertiary/aromatic N) is 6. The van der Waals surface area contributed by atoms with Crippen LogP contribution in [-0.2, 0) is 16.3 Å². The van der Waals surface area contributed by atoms with Crippen LogP contribution in [0.1, 0.15) is 41.6 Å². The number of benzene rings is 1. The van der Waals surface area contributed by atoms with E-state index in [1.807, 2.05) is 0 Å². The van der Waals surface area contributed by atoms with Crippen LogP contribution >= 0.6 is 0 Å². The number of halogens is 6. The zero-order valence-corrected chi connectivity index (χ0v) is 19.1. The van der Waals surface area contributed by atoms with Crippen molar-refractivity contribution in [3.8, 4) is 11.7 Å². The molecule has 0 spiro atoms. The van der Waals surface area contributed by atoms with E-state index in [0.29, 0.717) is 12.1 Å². The van der Waals surface area contributed by atoms with Gasteiger partial charge < -0.3 is 9.08 Å². The molecule has 1 atom stereocenters. The standard InChI is InChI=1S/C19H16F6N6O4S/c1-3-30(11(2)15-28-10-29-31(15)17-26-5-4-6-27-17)16(32)12-7-13(18(20,21)22)9-14(8-12)35-36(33,34)19(23,24)25/h4-11H,3H2,1-2H3. The zero-order chi connectivity index (χ0) is 26.9. The maximum Gasteiger partial charge on any atom is 0.534 e. The van der Waals surface area contributed by atoms with Crippen LogP contribution in [0.4, 0.5) is 26.3 Å². The first-order valence-electron chi connectivity index (χ1n) is 9.87. The minimum absolute atomic E-state index is 0.0448. The Morgan fingerprint density at radius 2 is 1.72 bits per heavy atom. The summed E-state index contributed by atoms with van der Waals surface area (Å²) in [6.45, 7) is 2.88. The van der Waals surface area contributed by atoms with Crippen LogP contribution in [0.25, 0.3) is 5.95 Å². The Morgan fingerprint density at radius 3 is 2.28 bits per heavy atom. The number of carbonyl (C=O) groups excluding carboxylic acids is 1. The maximum absolute atomic E-state index is 13.4. The minimum Gasteiger partial charge on any atom is -0.376 e. The first kappa shape index (κ1) is 26.8. The van der Waals surface area contributed by atoms with Gasteiger partial charge in [0.25, 0.3) is 11.9 Å². The van der Waals surface area contributed by atoms with Crippen LogP contribution in [0.5, 0.6) is 5.75 Å². The molecule has 0 radical (unpaired) electrons. The highest BCUT2D eigenvalue weighted by molar-refractivity contribution is 7.88. The molecule has 17 heteroatoms. The second kappa shape index (κ2) is 9.71. The topological polar surface area (TPSA) is 120 Å². The van der Waals surface area contributed by atoms with Crippen molar-refractivity contribution in [3.05, 3.63) is 59.9 Å². The molecular formula is C19H16F6N6O4S. The molecule has 1 amide bonds. The molecular weight excluding hydrogens is 522 g/mol. The highest BCUT2D eigenvalue weighted by Crippen LogP contribution is 2.35. The van der Waals surface area contributed by atoms with Crippen molar-refractivity contribution in [2.75, 3.05) is 6.54 Å². The van der Waals surface area contributed by atoms with E-state index in [-0.39, 0.29) is 24.4 Å². The average molecular weight is 538 g/mol. The molecule has 0 saturated heterocycles. The van der Waals surface area contributed by atoms with Gasteiger partial charge in [-0.25, -0.2) is 15.0 Å². The van der Waals surface area contributed by atoms with Gasteiger partial charge in [0, 0.05) is 24.5 Å². The van der Waals surface area contributed by atoms with Gasteiger partial charge in [0.1, 0.15) is 12.1 Å². The number of amides is 1. The molecule has 0 bridgehead atoms. The quantitative estimate of drug-likeness (QED) is 0.255. The Kier molecular flexibility index (Phi) is 7.24. The van der Waals surface area contributed by atoms with Crippen LogP contribution < -0.4 is 4.18 Å². The van der Waals surface area contributed by atoms with E-state index in [1.165, 1.54) is 37.0 Å². The van der Waals surface area contributed by atoms with Gasteiger partial charge in [0.15, 0.2) is 5.82 Å². The van der Waals surface area contributed by atoms with Crippen LogP contribution in [-0.4, -0.2) is 56.0 Å². The maximum atomic E-state index is 13.4. The number of hydrogen-bond donors (Lipinski definition) is 0. The van der Waals surface area contributed by atoms with Gasteiger partial charge in [-0.3, -0.25) is 4.79 Å². The van der Waals surface area contributed by atoms with E-state index in [2.05, 4.69) is 24.2 Å². The highest BCUT2D eigenvalue weighted by Gasteiger charge is 2.49. The third-order valence-electron chi connectivity index (χ3n) is 4.73. The number of hydrogen-bond acceptors (Lipinski definition) is 8. The summed E-state index contributed by atoms with van der Waals surface area (Å²) in [5.41, 5.74) is -8.27. The normalized spacial score (nSPS) is 13.3. The number of aromatic nitrogens is 5. The Balaban J connectivity index is 2.03. The molecule has 0 aliphatic heterocycles. The molecule has 0 saturated carbocycles. The summed E-state index contributed by atoms with van der Waals surface area (Å²) in [4.78, 5) is 26.3. The van der Waals surface area contributed by atoms with Crippen molar-refractivity contribution in [1.29, 1.82) is 0 Å². The summed E-state index contributed by atoms with van der Waals surface area (Å²) in [6, 6.07) is 1.49. The third-order valence-corrected chi connectivity index (χ3v) is 5.71. The van der Waals surface area contributed by atoms with E-state index in [4.69, 9.17) is 0 Å². The van der Waals surface area contributed by atoms with Crippen molar-refractivity contribution >= 4 is 16.0 Å². The van der Waals surface area contributed by atoms with Crippen molar-refractivity contribution in [3.63, 3.8) is 0 Å². The van der Waals surface area contributed by atoms with Gasteiger partial charge in [-0.1, -0.05) is 0 Å². The smallest absolute Gasteiger partial charge is 0.376 e. The molecule has 3 rings (SSSR count). The zero-order valence-electron chi connectivity index (χ0n) is 18.3. The molecule has 0 aliphatic carbocycles. The predicted octanol–water partition coefficient (Wildman–Crippen LogP) is 3.53. The number of rotatable bonds is 7. The molecule has 1 unspecified atom stereocenters. The summed E-state index contributed by atoms with van der Waals surface area (Å²) in [5, 5.41) is 3.98. The lowest BCUT2D eigenvalue weighted by Gasteiger charge is -2.28. The Labute approximate surface area is 199 Å². The van der Waals surface area contributed by atoms with Crippen LogP contribution in [0.3, 0.4) is 0 Å². The molecule has 10 nitrogen and oxygen atoms in total. The largest absolute Gasteiger partial charge is 0.534 e. The summed E-state index contributed by atoms with van der Waals surface area (Å²) >= 11 is 0. The Bertz CT molecular complexity index is 1340. The summed E-state index contributed by atoms with van der Waals surface area (Å²) < 4.78 is 106. The second-order valence-electron chi connectivity index (χ2n) is 7.07. The van der Waals surface area contributed by atoms with Gasteiger partial charge in [0.05, 0.1) is 11.6 Å². The van der Waals surface area contributed by atoms with Gasteiger partial charge in [-0.05, 0) is 38.1 Å². The highest BCUT2D eigenvalue weighted by atomic mass is 32.2. The van der Waals surface area contributed by atoms with Crippen LogP contribution in [0.2, 0.25) is 0 Å². The van der Waals surface area contributed by atoms with Gasteiger partial charge in [0.2, 0.25) is 0 Å².